The first-order chi connectivity index (χ1) is 17.5. The molecule has 0 radical (unpaired) electrons. The first-order valence-electron chi connectivity index (χ1n) is 12.2. The van der Waals surface area contributed by atoms with Gasteiger partial charge in [-0.1, -0.05) is 50.2 Å². The molecule has 7 nitrogen and oxygen atoms in total. The highest BCUT2D eigenvalue weighted by molar-refractivity contribution is 6.46. The smallest absolute Gasteiger partial charge is 0.295 e. The number of pyridine rings is 1. The van der Waals surface area contributed by atoms with E-state index in [4.69, 9.17) is 4.74 Å². The number of Topliss-reactive ketones (excluding diaryl/α,β-unsaturated/α-hetero) is 1. The van der Waals surface area contributed by atoms with Crippen LogP contribution in [0.25, 0.3) is 5.76 Å². The van der Waals surface area contributed by atoms with E-state index in [0.717, 1.165) is 18.7 Å². The molecule has 36 heavy (non-hydrogen) atoms. The lowest BCUT2D eigenvalue weighted by Gasteiger charge is -2.28. The average Bonchev–Trinajstić information content (AvgIpc) is 3.18. The van der Waals surface area contributed by atoms with Crippen LogP contribution in [0.4, 0.5) is 0 Å². The van der Waals surface area contributed by atoms with Gasteiger partial charge in [0, 0.05) is 31.0 Å². The lowest BCUT2D eigenvalue weighted by atomic mass is 9.96. The largest absolute Gasteiger partial charge is 0.507 e. The number of hydrogen-bond donors (Lipinski definition) is 1. The predicted octanol–water partition coefficient (Wildman–Crippen LogP) is 4.42. The number of amides is 1. The van der Waals surface area contributed by atoms with Gasteiger partial charge < -0.3 is 19.6 Å². The van der Waals surface area contributed by atoms with E-state index in [-0.39, 0.29) is 11.3 Å². The summed E-state index contributed by atoms with van der Waals surface area (Å²) in [6, 6.07) is 19.6. The van der Waals surface area contributed by atoms with E-state index in [1.807, 2.05) is 36.4 Å². The molecule has 2 heterocycles. The monoisotopic (exact) mass is 485 g/mol. The number of nitrogens with zero attached hydrogens (tertiary/aromatic N) is 3. The number of aliphatic hydroxyl groups is 1. The van der Waals surface area contributed by atoms with Crippen molar-refractivity contribution in [2.24, 2.45) is 0 Å². The van der Waals surface area contributed by atoms with Crippen molar-refractivity contribution in [1.29, 1.82) is 0 Å². The summed E-state index contributed by atoms with van der Waals surface area (Å²) in [5, 5.41) is 11.2. The number of carbonyl (C=O) groups is 2. The van der Waals surface area contributed by atoms with Gasteiger partial charge in [0.2, 0.25) is 0 Å². The number of ether oxygens (including phenoxy) is 1. The van der Waals surface area contributed by atoms with Crippen LogP contribution < -0.4 is 4.74 Å². The molecule has 1 amide bonds. The van der Waals surface area contributed by atoms with E-state index < -0.39 is 17.7 Å². The summed E-state index contributed by atoms with van der Waals surface area (Å²) in [5.41, 5.74) is 2.24. The normalized spacial score (nSPS) is 17.1. The maximum atomic E-state index is 13.2. The molecule has 7 heteroatoms. The quantitative estimate of drug-likeness (QED) is 0.260. The summed E-state index contributed by atoms with van der Waals surface area (Å²) in [6.07, 6.45) is 3.27. The second-order valence-corrected chi connectivity index (χ2v) is 8.60. The molecule has 0 bridgehead atoms. The highest BCUT2D eigenvalue weighted by atomic mass is 16.5. The predicted molar refractivity (Wildman–Crippen MR) is 138 cm³/mol. The molecule has 2 aromatic carbocycles. The number of benzene rings is 2. The molecule has 1 unspecified atom stereocenters. The molecule has 186 valence electrons. The Morgan fingerprint density at radius 1 is 1.00 bits per heavy atom. The molecule has 1 N–H and O–H groups in total. The fourth-order valence-corrected chi connectivity index (χ4v) is 4.39. The minimum Gasteiger partial charge on any atom is -0.507 e. The first-order valence-corrected chi connectivity index (χ1v) is 12.2. The number of carbonyl (C=O) groups excluding carboxylic acids is 2. The summed E-state index contributed by atoms with van der Waals surface area (Å²) >= 11 is 0. The molecule has 1 fully saturated rings. The second kappa shape index (κ2) is 11.6. The second-order valence-electron chi connectivity index (χ2n) is 8.60. The Labute approximate surface area is 211 Å². The number of likely N-dealkylation sites (tertiary alicyclic amines) is 1. The van der Waals surface area contributed by atoms with Crippen LogP contribution in [-0.2, 0) is 16.2 Å². The molecule has 1 aliphatic heterocycles. The van der Waals surface area contributed by atoms with Crippen molar-refractivity contribution < 1.29 is 19.4 Å². The van der Waals surface area contributed by atoms with Gasteiger partial charge >= 0.3 is 0 Å². The fourth-order valence-electron chi connectivity index (χ4n) is 4.39. The zero-order valence-electron chi connectivity index (χ0n) is 20.6. The van der Waals surface area contributed by atoms with Crippen LogP contribution in [0.1, 0.15) is 36.6 Å². The maximum absolute atomic E-state index is 13.2. The van der Waals surface area contributed by atoms with E-state index in [0.29, 0.717) is 36.6 Å². The van der Waals surface area contributed by atoms with Crippen LogP contribution in [-0.4, -0.2) is 57.8 Å². The standard InChI is InChI=1S/C29H31N3O4/c1-3-31(4-2)17-18-32-26(23-11-8-16-30-19-23)25(28(34)29(32)35)27(33)22-12-14-24(15-13-22)36-20-21-9-6-5-7-10-21/h5-16,19,26,33H,3-4,17-18,20H2,1-2H3/b27-25+. The zero-order valence-corrected chi connectivity index (χ0v) is 20.6. The summed E-state index contributed by atoms with van der Waals surface area (Å²) in [7, 11) is 0. The van der Waals surface area contributed by atoms with Gasteiger partial charge in [0.15, 0.2) is 0 Å². The Morgan fingerprint density at radius 3 is 2.36 bits per heavy atom. The van der Waals surface area contributed by atoms with Crippen molar-refractivity contribution in [2.45, 2.75) is 26.5 Å². The summed E-state index contributed by atoms with van der Waals surface area (Å²) in [4.78, 5) is 34.1. The number of aromatic nitrogens is 1. The third kappa shape index (κ3) is 5.47. The number of likely N-dealkylation sites (N-methyl/N-ethyl adjacent to an activating group) is 1. The van der Waals surface area contributed by atoms with E-state index in [1.165, 1.54) is 0 Å². The Hall–Kier alpha value is -3.97. The van der Waals surface area contributed by atoms with Crippen LogP contribution in [0.5, 0.6) is 5.75 Å². The van der Waals surface area contributed by atoms with Crippen LogP contribution in [0.15, 0.2) is 84.7 Å². The Kier molecular flexibility index (Phi) is 8.13. The third-order valence-electron chi connectivity index (χ3n) is 6.47. The lowest BCUT2D eigenvalue weighted by Crippen LogP contribution is -2.38. The average molecular weight is 486 g/mol. The highest BCUT2D eigenvalue weighted by Gasteiger charge is 2.46. The Morgan fingerprint density at radius 2 is 1.72 bits per heavy atom. The van der Waals surface area contributed by atoms with Crippen molar-refractivity contribution in [3.63, 3.8) is 0 Å². The van der Waals surface area contributed by atoms with E-state index in [9.17, 15) is 14.7 Å². The van der Waals surface area contributed by atoms with Gasteiger partial charge in [0.25, 0.3) is 11.7 Å². The topological polar surface area (TPSA) is 83.0 Å². The minimum atomic E-state index is -0.705. The molecule has 3 aromatic rings. The number of rotatable bonds is 10. The summed E-state index contributed by atoms with van der Waals surface area (Å²) in [5.74, 6) is -0.869. The van der Waals surface area contributed by atoms with Gasteiger partial charge in [0.1, 0.15) is 18.1 Å². The number of ketones is 1. The van der Waals surface area contributed by atoms with Crippen LogP contribution in [0, 0.1) is 0 Å². The van der Waals surface area contributed by atoms with Crippen molar-refractivity contribution >= 4 is 17.4 Å². The molecule has 0 spiro atoms. The fraction of sp³-hybridized carbons (Fsp3) is 0.276. The Bertz CT molecular complexity index is 1210. The Balaban J connectivity index is 1.62. The molecule has 1 aromatic heterocycles. The molecular weight excluding hydrogens is 454 g/mol. The molecule has 0 aliphatic carbocycles. The molecule has 1 atom stereocenters. The highest BCUT2D eigenvalue weighted by Crippen LogP contribution is 2.39. The van der Waals surface area contributed by atoms with Gasteiger partial charge in [-0.3, -0.25) is 14.6 Å². The zero-order chi connectivity index (χ0) is 25.5. The van der Waals surface area contributed by atoms with Crippen molar-refractivity contribution in [3.05, 3.63) is 101 Å². The van der Waals surface area contributed by atoms with Crippen LogP contribution in [0.2, 0.25) is 0 Å². The van der Waals surface area contributed by atoms with Crippen molar-refractivity contribution in [3.8, 4) is 5.75 Å². The van der Waals surface area contributed by atoms with E-state index in [2.05, 4.69) is 23.7 Å². The molecular formula is C29H31N3O4. The maximum Gasteiger partial charge on any atom is 0.295 e. The number of aliphatic hydroxyl groups excluding tert-OH is 1. The molecule has 0 saturated carbocycles. The third-order valence-corrected chi connectivity index (χ3v) is 6.47. The summed E-state index contributed by atoms with van der Waals surface area (Å²) in [6.45, 7) is 7.23. The van der Waals surface area contributed by atoms with Crippen molar-refractivity contribution in [2.75, 3.05) is 26.2 Å². The SMILES string of the molecule is CCN(CC)CCN1C(=O)C(=O)/C(=C(/O)c2ccc(OCc3ccccc3)cc2)C1c1cccnc1. The molecule has 1 aliphatic rings. The van der Waals surface area contributed by atoms with E-state index in [1.54, 1.807) is 47.6 Å². The number of hydrogen-bond acceptors (Lipinski definition) is 6. The van der Waals surface area contributed by atoms with Crippen molar-refractivity contribution in [1.82, 2.24) is 14.8 Å². The van der Waals surface area contributed by atoms with Gasteiger partial charge in [-0.2, -0.15) is 0 Å². The summed E-state index contributed by atoms with van der Waals surface area (Å²) < 4.78 is 5.83. The van der Waals surface area contributed by atoms with Crippen LogP contribution >= 0.6 is 0 Å². The van der Waals surface area contributed by atoms with Gasteiger partial charge in [0.05, 0.1) is 11.6 Å². The first kappa shape index (κ1) is 25.1. The molecule has 4 rings (SSSR count). The van der Waals surface area contributed by atoms with Crippen LogP contribution in [0.3, 0.4) is 0 Å². The van der Waals surface area contributed by atoms with Gasteiger partial charge in [-0.15, -0.1) is 0 Å². The minimum absolute atomic E-state index is 0.0745. The lowest BCUT2D eigenvalue weighted by molar-refractivity contribution is -0.140. The molecule has 1 saturated heterocycles. The van der Waals surface area contributed by atoms with Gasteiger partial charge in [-0.25, -0.2) is 0 Å². The van der Waals surface area contributed by atoms with Gasteiger partial charge in [-0.05, 0) is 54.5 Å². The van der Waals surface area contributed by atoms with E-state index >= 15 is 0 Å².